The van der Waals surface area contributed by atoms with E-state index < -0.39 is 17.8 Å². The Morgan fingerprint density at radius 1 is 1.23 bits per heavy atom. The van der Waals surface area contributed by atoms with Gasteiger partial charge in [-0.2, -0.15) is 0 Å². The molecule has 0 radical (unpaired) electrons. The summed E-state index contributed by atoms with van der Waals surface area (Å²) in [7, 11) is 1.74. The number of rotatable bonds is 7. The number of amides is 2. The molecule has 1 atom stereocenters. The highest BCUT2D eigenvalue weighted by Gasteiger charge is 2.20. The van der Waals surface area contributed by atoms with Crippen LogP contribution in [0.2, 0.25) is 5.02 Å². The van der Waals surface area contributed by atoms with E-state index in [0.717, 1.165) is 5.56 Å². The molecule has 10 heteroatoms. The Bertz CT molecular complexity index is 1120. The van der Waals surface area contributed by atoms with Gasteiger partial charge in [0.25, 0.3) is 5.91 Å². The van der Waals surface area contributed by atoms with E-state index in [1.54, 1.807) is 42.8 Å². The van der Waals surface area contributed by atoms with Crippen molar-refractivity contribution in [3.05, 3.63) is 70.3 Å². The molecule has 31 heavy (non-hydrogen) atoms. The molecule has 0 bridgehead atoms. The van der Waals surface area contributed by atoms with Crippen LogP contribution in [0.3, 0.4) is 0 Å². The summed E-state index contributed by atoms with van der Waals surface area (Å²) >= 11 is 7.15. The second kappa shape index (κ2) is 9.93. The van der Waals surface area contributed by atoms with Gasteiger partial charge in [-0.05, 0) is 49.7 Å². The van der Waals surface area contributed by atoms with Crippen LogP contribution in [0, 0.1) is 12.7 Å². The number of hydrogen-bond acceptors (Lipinski definition) is 5. The van der Waals surface area contributed by atoms with E-state index in [1.165, 1.54) is 30.0 Å². The molecule has 7 nitrogen and oxygen atoms in total. The van der Waals surface area contributed by atoms with Gasteiger partial charge in [0.05, 0.1) is 17.4 Å². The maximum atomic E-state index is 13.8. The molecule has 1 aromatic heterocycles. The number of aromatic nitrogens is 3. The lowest BCUT2D eigenvalue weighted by Crippen LogP contribution is -2.29. The fourth-order valence-electron chi connectivity index (χ4n) is 2.90. The molecule has 0 aliphatic rings. The average Bonchev–Trinajstić information content (AvgIpc) is 3.09. The van der Waals surface area contributed by atoms with Crippen molar-refractivity contribution >= 4 is 40.9 Å². The highest BCUT2D eigenvalue weighted by Crippen LogP contribution is 2.22. The Kier molecular flexibility index (Phi) is 7.29. The van der Waals surface area contributed by atoms with Crippen molar-refractivity contribution < 1.29 is 14.0 Å². The van der Waals surface area contributed by atoms with Gasteiger partial charge in [-0.3, -0.25) is 9.59 Å². The molecule has 1 heterocycles. The molecule has 2 amide bonds. The van der Waals surface area contributed by atoms with Gasteiger partial charge in [-0.1, -0.05) is 35.5 Å². The lowest BCUT2D eigenvalue weighted by atomic mass is 10.2. The van der Waals surface area contributed by atoms with E-state index in [2.05, 4.69) is 20.8 Å². The first kappa shape index (κ1) is 22.8. The summed E-state index contributed by atoms with van der Waals surface area (Å²) in [6.45, 7) is 3.59. The Balaban J connectivity index is 1.59. The monoisotopic (exact) mass is 461 g/mol. The quantitative estimate of drug-likeness (QED) is 0.516. The summed E-state index contributed by atoms with van der Waals surface area (Å²) in [5, 5.41) is 14.9. The van der Waals surface area contributed by atoms with Gasteiger partial charge in [0, 0.05) is 17.8 Å². The zero-order chi connectivity index (χ0) is 22.5. The summed E-state index contributed by atoms with van der Waals surface area (Å²) in [6, 6.07) is 10.5. The number of benzene rings is 2. The first-order valence-corrected chi connectivity index (χ1v) is 10.8. The molecule has 0 fully saturated rings. The predicted molar refractivity (Wildman–Crippen MR) is 119 cm³/mol. The Hall–Kier alpha value is -2.91. The van der Waals surface area contributed by atoms with E-state index in [4.69, 9.17) is 11.6 Å². The van der Waals surface area contributed by atoms with Crippen LogP contribution in [0.15, 0.2) is 47.6 Å². The number of carbonyl (C=O) groups is 2. The lowest BCUT2D eigenvalue weighted by Gasteiger charge is -2.14. The van der Waals surface area contributed by atoms with E-state index in [1.807, 2.05) is 6.92 Å². The molecule has 2 N–H and O–H groups in total. The second-order valence-corrected chi connectivity index (χ2v) is 8.25. The van der Waals surface area contributed by atoms with Crippen molar-refractivity contribution in [3.63, 3.8) is 0 Å². The van der Waals surface area contributed by atoms with Crippen LogP contribution in [0.1, 0.15) is 34.7 Å². The highest BCUT2D eigenvalue weighted by molar-refractivity contribution is 7.99. The van der Waals surface area contributed by atoms with Crippen LogP contribution in [0.5, 0.6) is 0 Å². The molecule has 0 spiro atoms. The van der Waals surface area contributed by atoms with Crippen molar-refractivity contribution in [2.24, 2.45) is 7.05 Å². The number of aryl methyl sites for hydroxylation is 1. The van der Waals surface area contributed by atoms with Gasteiger partial charge in [0.2, 0.25) is 5.91 Å². The largest absolute Gasteiger partial charge is 0.342 e. The van der Waals surface area contributed by atoms with Gasteiger partial charge in [-0.15, -0.1) is 10.2 Å². The minimum atomic E-state index is -0.594. The lowest BCUT2D eigenvalue weighted by molar-refractivity contribution is -0.113. The molecule has 3 rings (SSSR count). The topological polar surface area (TPSA) is 88.9 Å². The van der Waals surface area contributed by atoms with Crippen LogP contribution in [0.4, 0.5) is 10.1 Å². The summed E-state index contributed by atoms with van der Waals surface area (Å²) in [4.78, 5) is 24.6. The molecule has 0 aliphatic carbocycles. The van der Waals surface area contributed by atoms with Crippen LogP contribution < -0.4 is 10.6 Å². The fraction of sp³-hybridized carbons (Fsp3) is 0.238. The third-order valence-electron chi connectivity index (χ3n) is 4.52. The molecule has 162 valence electrons. The number of carbonyl (C=O) groups excluding carboxylic acids is 2. The van der Waals surface area contributed by atoms with Crippen LogP contribution in [0.25, 0.3) is 0 Å². The van der Waals surface area contributed by atoms with E-state index in [-0.39, 0.29) is 17.2 Å². The first-order chi connectivity index (χ1) is 14.8. The fourth-order valence-corrected chi connectivity index (χ4v) is 3.84. The maximum Gasteiger partial charge on any atom is 0.254 e. The van der Waals surface area contributed by atoms with Crippen molar-refractivity contribution in [2.75, 3.05) is 11.1 Å². The molecule has 3 aromatic rings. The van der Waals surface area contributed by atoms with Gasteiger partial charge in [0.15, 0.2) is 11.0 Å². The van der Waals surface area contributed by atoms with E-state index >= 15 is 0 Å². The maximum absolute atomic E-state index is 13.8. The highest BCUT2D eigenvalue weighted by atomic mass is 35.5. The number of nitrogens with one attached hydrogen (secondary N) is 2. The summed E-state index contributed by atoms with van der Waals surface area (Å²) in [6.07, 6.45) is 0. The number of hydrogen-bond donors (Lipinski definition) is 2. The zero-order valence-electron chi connectivity index (χ0n) is 17.1. The minimum absolute atomic E-state index is 0.0414. The third kappa shape index (κ3) is 5.62. The molecule has 0 saturated carbocycles. The Labute approximate surface area is 188 Å². The summed E-state index contributed by atoms with van der Waals surface area (Å²) in [5.41, 5.74) is 1.52. The van der Waals surface area contributed by atoms with Crippen LogP contribution in [-0.4, -0.2) is 32.3 Å². The Morgan fingerprint density at radius 2 is 1.97 bits per heavy atom. The molecule has 0 unspecified atom stereocenters. The number of anilines is 1. The first-order valence-electron chi connectivity index (χ1n) is 9.39. The van der Waals surface area contributed by atoms with E-state index in [0.29, 0.717) is 21.7 Å². The second-order valence-electron chi connectivity index (χ2n) is 6.87. The molecule has 0 saturated heterocycles. The predicted octanol–water partition coefficient (Wildman–Crippen LogP) is 4.14. The van der Waals surface area contributed by atoms with Crippen molar-refractivity contribution in [2.45, 2.75) is 25.0 Å². The smallest absolute Gasteiger partial charge is 0.254 e. The SMILES string of the molecule is Cc1cc(Cl)ccc1NC(=O)CSc1nnc([C@H](C)NC(=O)c2ccccc2F)n1C. The van der Waals surface area contributed by atoms with Crippen LogP contribution in [-0.2, 0) is 11.8 Å². The molecule has 2 aromatic carbocycles. The van der Waals surface area contributed by atoms with E-state index in [9.17, 15) is 14.0 Å². The zero-order valence-corrected chi connectivity index (χ0v) is 18.7. The van der Waals surface area contributed by atoms with Crippen molar-refractivity contribution in [1.29, 1.82) is 0 Å². The normalized spacial score (nSPS) is 11.8. The van der Waals surface area contributed by atoms with Crippen LogP contribution >= 0.6 is 23.4 Å². The number of nitrogens with zero attached hydrogens (tertiary/aromatic N) is 3. The molecular weight excluding hydrogens is 441 g/mol. The number of thioether (sulfide) groups is 1. The minimum Gasteiger partial charge on any atom is -0.342 e. The van der Waals surface area contributed by atoms with Gasteiger partial charge >= 0.3 is 0 Å². The third-order valence-corrected chi connectivity index (χ3v) is 5.77. The number of halogens is 2. The van der Waals surface area contributed by atoms with Gasteiger partial charge in [-0.25, -0.2) is 4.39 Å². The summed E-state index contributed by atoms with van der Waals surface area (Å²) < 4.78 is 15.5. The van der Waals surface area contributed by atoms with Crippen molar-refractivity contribution in [1.82, 2.24) is 20.1 Å². The molecule has 0 aliphatic heterocycles. The summed E-state index contributed by atoms with van der Waals surface area (Å²) in [5.74, 6) is -0.713. The standard InChI is InChI=1S/C21H21ClFN5O2S/c1-12-10-14(22)8-9-17(12)25-18(29)11-31-21-27-26-19(28(21)3)13(2)24-20(30)15-6-4-5-7-16(15)23/h4-10,13H,11H2,1-3H3,(H,24,30)(H,25,29)/t13-/m0/s1. The molecular formula is C21H21ClFN5O2S. The van der Waals surface area contributed by atoms with Gasteiger partial charge in [0.1, 0.15) is 5.82 Å². The average molecular weight is 462 g/mol. The van der Waals surface area contributed by atoms with Gasteiger partial charge < -0.3 is 15.2 Å². The van der Waals surface area contributed by atoms with Crippen molar-refractivity contribution in [3.8, 4) is 0 Å². The Morgan fingerprint density at radius 3 is 2.68 bits per heavy atom.